The number of aromatic nitrogens is 2. The van der Waals surface area contributed by atoms with E-state index in [0.29, 0.717) is 0 Å². The van der Waals surface area contributed by atoms with Crippen LogP contribution in [0.4, 0.5) is 51.8 Å². The molecule has 1 aromatic carbocycles. The van der Waals surface area contributed by atoms with Crippen LogP contribution in [0, 0.1) is 6.92 Å². The number of H-pyrrole nitrogens is 2. The molecule has 0 saturated carbocycles. The predicted octanol–water partition coefficient (Wildman–Crippen LogP) is 8.40. The zero-order chi connectivity index (χ0) is 30.6. The van der Waals surface area contributed by atoms with Gasteiger partial charge in [-0.25, -0.2) is 14.4 Å². The van der Waals surface area contributed by atoms with Crippen molar-refractivity contribution >= 4 is 21.8 Å². The lowest BCUT2D eigenvalue weighted by atomic mass is 10.0. The van der Waals surface area contributed by atoms with Gasteiger partial charge in [0.05, 0.1) is 23.3 Å². The second-order valence-electron chi connectivity index (χ2n) is 7.50. The van der Waals surface area contributed by atoms with Gasteiger partial charge >= 0.3 is 33.3 Å². The Morgan fingerprint density at radius 2 is 0.750 bits per heavy atom. The molecule has 4 aromatic rings. The third kappa shape index (κ3) is 17.5. The normalized spacial score (nSPS) is 11.1. The van der Waals surface area contributed by atoms with Crippen molar-refractivity contribution in [2.75, 3.05) is 0 Å². The van der Waals surface area contributed by atoms with E-state index in [9.17, 15) is 51.8 Å². The van der Waals surface area contributed by atoms with Crippen molar-refractivity contribution in [1.82, 2.24) is 0 Å². The van der Waals surface area contributed by atoms with Crippen LogP contribution in [0.5, 0.6) is 0 Å². The number of rotatable bonds is 3. The van der Waals surface area contributed by atoms with Crippen LogP contribution in [-0.4, -0.2) is 21.8 Å². The van der Waals surface area contributed by atoms with Crippen LogP contribution < -0.4 is 9.97 Å². The number of benzene rings is 1. The molecular formula is C22H19B3F12N2O. The average Bonchev–Trinajstić information content (AvgIpc) is 2.82. The summed E-state index contributed by atoms with van der Waals surface area (Å²) in [6, 6.07) is 20.7. The van der Waals surface area contributed by atoms with Crippen LogP contribution in [0.15, 0.2) is 89.9 Å². The van der Waals surface area contributed by atoms with Crippen LogP contribution in [-0.2, 0) is 0 Å². The molecule has 40 heavy (non-hydrogen) atoms. The third-order valence-electron chi connectivity index (χ3n) is 4.18. The monoisotopic (exact) mass is 588 g/mol. The third-order valence-corrected chi connectivity index (χ3v) is 4.18. The summed E-state index contributed by atoms with van der Waals surface area (Å²) < 4.78 is 123. The van der Waals surface area contributed by atoms with E-state index in [0.717, 1.165) is 33.8 Å². The van der Waals surface area contributed by atoms with Crippen LogP contribution in [0.25, 0.3) is 33.8 Å². The minimum absolute atomic E-state index is 0.843. The van der Waals surface area contributed by atoms with Gasteiger partial charge in [-0.05, 0) is 24.6 Å². The lowest BCUT2D eigenvalue weighted by Gasteiger charge is -2.01. The standard InChI is InChI=1S/C22H17N2O.3BF4/c1-16-2-4-18(5-3-16)21-14-20(17-6-10-23-11-7-17)15-22(25-21)19-8-12-24-13-9-19;3*2-1(3,4)5/h2-15H,1H3;;;/q+1;3*-1/p+2. The van der Waals surface area contributed by atoms with Gasteiger partial charge in [0.1, 0.15) is 0 Å². The number of nitrogens with one attached hydrogen (secondary N) is 2. The summed E-state index contributed by atoms with van der Waals surface area (Å²) in [7, 11) is -18.0. The fraction of sp³-hybridized carbons (Fsp3) is 0.0455. The van der Waals surface area contributed by atoms with E-state index in [1.165, 1.54) is 5.56 Å². The fourth-order valence-electron chi connectivity index (χ4n) is 2.80. The molecule has 0 saturated heterocycles. The molecule has 0 amide bonds. The van der Waals surface area contributed by atoms with E-state index >= 15 is 0 Å². The van der Waals surface area contributed by atoms with Gasteiger partial charge in [0, 0.05) is 29.8 Å². The molecule has 18 heteroatoms. The minimum atomic E-state index is -6.00. The lowest BCUT2D eigenvalue weighted by Crippen LogP contribution is -2.02. The SMILES string of the molecule is Cc1ccc(-c2cc(-c3cc[nH+]cc3)cc(-c3cc[nH+]cc3)[o+]2)cc1.F[B-](F)(F)F.F[B-](F)(F)F.F[B-](F)(F)F. The Bertz CT molecular complexity index is 1180. The molecule has 0 aliphatic rings. The molecule has 0 atom stereocenters. The highest BCUT2D eigenvalue weighted by Gasteiger charge is 2.22. The number of hydrogen-bond acceptors (Lipinski definition) is 0. The average molecular weight is 588 g/mol. The summed E-state index contributed by atoms with van der Waals surface area (Å²) in [5.74, 6) is 1.70. The molecular weight excluding hydrogens is 569 g/mol. The molecule has 0 spiro atoms. The number of hydrogen-bond donors (Lipinski definition) is 0. The Morgan fingerprint density at radius 3 is 1.10 bits per heavy atom. The molecule has 0 aliphatic heterocycles. The van der Waals surface area contributed by atoms with Crippen molar-refractivity contribution in [2.45, 2.75) is 6.92 Å². The molecule has 0 radical (unpaired) electrons. The molecule has 0 aliphatic carbocycles. The first-order chi connectivity index (χ1) is 18.3. The number of pyridine rings is 2. The van der Waals surface area contributed by atoms with Crippen LogP contribution >= 0.6 is 0 Å². The Hall–Kier alpha value is -3.98. The van der Waals surface area contributed by atoms with Crippen molar-refractivity contribution in [3.05, 3.63) is 91.0 Å². The Kier molecular flexibility index (Phi) is 12.8. The highest BCUT2D eigenvalue weighted by atomic mass is 19.5. The van der Waals surface area contributed by atoms with Gasteiger partial charge in [0.2, 0.25) is 0 Å². The maximum atomic E-state index is 9.75. The van der Waals surface area contributed by atoms with Crippen molar-refractivity contribution in [3.63, 3.8) is 0 Å². The Labute approximate surface area is 220 Å². The highest BCUT2D eigenvalue weighted by Crippen LogP contribution is 2.32. The molecule has 3 nitrogen and oxygen atoms in total. The van der Waals surface area contributed by atoms with Gasteiger partial charge in [-0.1, -0.05) is 17.7 Å². The molecule has 4 rings (SSSR count). The fourth-order valence-corrected chi connectivity index (χ4v) is 2.80. The quantitative estimate of drug-likeness (QED) is 0.135. The van der Waals surface area contributed by atoms with Crippen molar-refractivity contribution in [3.8, 4) is 33.8 Å². The summed E-state index contributed by atoms with van der Waals surface area (Å²) in [5.41, 5.74) is 5.61. The van der Waals surface area contributed by atoms with Crippen molar-refractivity contribution < 1.29 is 66.2 Å². The van der Waals surface area contributed by atoms with Gasteiger partial charge in [-0.15, -0.1) is 0 Å². The van der Waals surface area contributed by atoms with Gasteiger partial charge < -0.3 is 51.8 Å². The predicted molar refractivity (Wildman–Crippen MR) is 128 cm³/mol. The van der Waals surface area contributed by atoms with E-state index in [-0.39, 0.29) is 0 Å². The molecule has 0 fully saturated rings. The number of aryl methyl sites for hydroxylation is 1. The summed E-state index contributed by atoms with van der Waals surface area (Å²) in [6.07, 6.45) is 7.67. The highest BCUT2D eigenvalue weighted by molar-refractivity contribution is 6.50. The Balaban J connectivity index is 0.000000442. The summed E-state index contributed by atoms with van der Waals surface area (Å²) in [5, 5.41) is 0. The van der Waals surface area contributed by atoms with E-state index in [2.05, 4.69) is 65.4 Å². The lowest BCUT2D eigenvalue weighted by molar-refractivity contribution is -0.378. The van der Waals surface area contributed by atoms with E-state index in [1.54, 1.807) is 0 Å². The smallest absolute Gasteiger partial charge is 0.418 e. The molecule has 3 heterocycles. The first kappa shape index (κ1) is 34.1. The number of halogens is 12. The summed E-state index contributed by atoms with van der Waals surface area (Å²) in [4.78, 5) is 6.13. The van der Waals surface area contributed by atoms with Crippen molar-refractivity contribution in [2.24, 2.45) is 0 Å². The zero-order valence-corrected chi connectivity index (χ0v) is 20.3. The van der Waals surface area contributed by atoms with Crippen LogP contribution in [0.1, 0.15) is 5.56 Å². The molecule has 216 valence electrons. The van der Waals surface area contributed by atoms with Gasteiger partial charge in [-0.3, -0.25) is 0 Å². The zero-order valence-electron chi connectivity index (χ0n) is 20.3. The minimum Gasteiger partial charge on any atom is -0.418 e. The second kappa shape index (κ2) is 15.0. The van der Waals surface area contributed by atoms with E-state index in [4.69, 9.17) is 4.42 Å². The van der Waals surface area contributed by atoms with E-state index < -0.39 is 21.8 Å². The maximum absolute atomic E-state index is 9.75. The van der Waals surface area contributed by atoms with Crippen LogP contribution in [0.2, 0.25) is 0 Å². The van der Waals surface area contributed by atoms with E-state index in [1.807, 2.05) is 36.9 Å². The largest absolute Gasteiger partial charge is 0.673 e. The topological polar surface area (TPSA) is 39.6 Å². The molecule has 0 unspecified atom stereocenters. The summed E-state index contributed by atoms with van der Waals surface area (Å²) >= 11 is 0. The number of aromatic amines is 2. The second-order valence-corrected chi connectivity index (χ2v) is 7.50. The van der Waals surface area contributed by atoms with Crippen LogP contribution in [0.3, 0.4) is 0 Å². The molecule has 3 aromatic heterocycles. The van der Waals surface area contributed by atoms with Gasteiger partial charge in [0.15, 0.2) is 24.8 Å². The molecule has 0 bridgehead atoms. The Morgan fingerprint density at radius 1 is 0.450 bits per heavy atom. The van der Waals surface area contributed by atoms with Gasteiger partial charge in [-0.2, -0.15) is 0 Å². The maximum Gasteiger partial charge on any atom is 0.673 e. The summed E-state index contributed by atoms with van der Waals surface area (Å²) in [6.45, 7) is 2.09. The first-order valence-electron chi connectivity index (χ1n) is 10.9. The molecule has 2 N–H and O–H groups in total. The first-order valence-corrected chi connectivity index (χ1v) is 10.9. The van der Waals surface area contributed by atoms with Crippen molar-refractivity contribution in [1.29, 1.82) is 0 Å². The van der Waals surface area contributed by atoms with Gasteiger partial charge in [0.25, 0.3) is 0 Å².